The molecule has 1 aromatic carbocycles. The number of rotatable bonds is 5. The van der Waals surface area contributed by atoms with Crippen molar-refractivity contribution in [3.8, 4) is 0 Å². The van der Waals surface area contributed by atoms with Crippen LogP contribution >= 0.6 is 0 Å². The maximum Gasteiger partial charge on any atom is 0.226 e. The van der Waals surface area contributed by atoms with Gasteiger partial charge in [-0.25, -0.2) is 0 Å². The van der Waals surface area contributed by atoms with Crippen molar-refractivity contribution in [1.82, 2.24) is 19.7 Å². The van der Waals surface area contributed by atoms with Gasteiger partial charge in [-0.1, -0.05) is 12.1 Å². The van der Waals surface area contributed by atoms with Gasteiger partial charge in [0.1, 0.15) is 5.82 Å². The SMILES string of the molecule is C=CCNc1nc(Nc2ccc(C)c(C)c2)c2cnn(C)c2n1. The fourth-order valence-electron chi connectivity index (χ4n) is 2.32. The van der Waals surface area contributed by atoms with E-state index in [0.717, 1.165) is 22.5 Å². The Morgan fingerprint density at radius 2 is 2.04 bits per heavy atom. The lowest BCUT2D eigenvalue weighted by atomic mass is 10.1. The number of anilines is 3. The van der Waals surface area contributed by atoms with Crippen LogP contribution in [0.1, 0.15) is 11.1 Å². The largest absolute Gasteiger partial charge is 0.351 e. The van der Waals surface area contributed by atoms with Crippen molar-refractivity contribution in [1.29, 1.82) is 0 Å². The van der Waals surface area contributed by atoms with E-state index in [-0.39, 0.29) is 0 Å². The molecule has 6 heteroatoms. The van der Waals surface area contributed by atoms with Crippen molar-refractivity contribution in [2.75, 3.05) is 17.2 Å². The van der Waals surface area contributed by atoms with Crippen LogP contribution in [-0.2, 0) is 7.05 Å². The summed E-state index contributed by atoms with van der Waals surface area (Å²) in [6.45, 7) is 8.50. The quantitative estimate of drug-likeness (QED) is 0.708. The first kappa shape index (κ1) is 15.0. The Morgan fingerprint density at radius 3 is 2.78 bits per heavy atom. The molecule has 23 heavy (non-hydrogen) atoms. The van der Waals surface area contributed by atoms with Crippen molar-refractivity contribution in [2.45, 2.75) is 13.8 Å². The second-order valence-electron chi connectivity index (χ2n) is 5.49. The highest BCUT2D eigenvalue weighted by molar-refractivity contribution is 5.89. The summed E-state index contributed by atoms with van der Waals surface area (Å²) in [5, 5.41) is 11.7. The van der Waals surface area contributed by atoms with Crippen molar-refractivity contribution in [3.05, 3.63) is 48.2 Å². The Kier molecular flexibility index (Phi) is 3.97. The molecule has 0 saturated carbocycles. The van der Waals surface area contributed by atoms with E-state index in [1.54, 1.807) is 17.0 Å². The molecule has 0 aliphatic heterocycles. The number of nitrogens with one attached hydrogen (secondary N) is 2. The highest BCUT2D eigenvalue weighted by Crippen LogP contribution is 2.25. The first-order valence-corrected chi connectivity index (χ1v) is 7.47. The minimum Gasteiger partial charge on any atom is -0.351 e. The minimum absolute atomic E-state index is 0.548. The molecule has 0 saturated heterocycles. The maximum atomic E-state index is 4.56. The molecule has 0 amide bonds. The average Bonchev–Trinajstić information content (AvgIpc) is 2.91. The number of hydrogen-bond donors (Lipinski definition) is 2. The van der Waals surface area contributed by atoms with E-state index in [0.29, 0.717) is 12.5 Å². The summed E-state index contributed by atoms with van der Waals surface area (Å²) in [6, 6.07) is 6.25. The molecule has 0 unspecified atom stereocenters. The minimum atomic E-state index is 0.548. The summed E-state index contributed by atoms with van der Waals surface area (Å²) in [5.74, 6) is 1.28. The van der Waals surface area contributed by atoms with E-state index in [4.69, 9.17) is 0 Å². The number of benzene rings is 1. The van der Waals surface area contributed by atoms with E-state index in [2.05, 4.69) is 58.3 Å². The summed E-state index contributed by atoms with van der Waals surface area (Å²) in [5.41, 5.74) is 4.26. The lowest BCUT2D eigenvalue weighted by Crippen LogP contribution is -2.06. The molecule has 0 aliphatic carbocycles. The van der Waals surface area contributed by atoms with Crippen LogP contribution in [0.25, 0.3) is 11.0 Å². The molecule has 0 atom stereocenters. The molecule has 2 heterocycles. The van der Waals surface area contributed by atoms with Crippen LogP contribution in [0.3, 0.4) is 0 Å². The average molecular weight is 308 g/mol. The summed E-state index contributed by atoms with van der Waals surface area (Å²) in [6.07, 6.45) is 3.54. The molecule has 2 aromatic heterocycles. The van der Waals surface area contributed by atoms with Gasteiger partial charge >= 0.3 is 0 Å². The Hall–Kier alpha value is -2.89. The lowest BCUT2D eigenvalue weighted by Gasteiger charge is -2.11. The topological polar surface area (TPSA) is 67.7 Å². The molecule has 6 nitrogen and oxygen atoms in total. The molecule has 0 bridgehead atoms. The third kappa shape index (κ3) is 3.01. The van der Waals surface area contributed by atoms with Crippen LogP contribution in [0, 0.1) is 13.8 Å². The van der Waals surface area contributed by atoms with Gasteiger partial charge in [-0.05, 0) is 37.1 Å². The summed E-state index contributed by atoms with van der Waals surface area (Å²) < 4.78 is 1.74. The van der Waals surface area contributed by atoms with E-state index >= 15 is 0 Å². The first-order valence-electron chi connectivity index (χ1n) is 7.47. The van der Waals surface area contributed by atoms with Gasteiger partial charge in [0.05, 0.1) is 11.6 Å². The van der Waals surface area contributed by atoms with Crippen LogP contribution in [-0.4, -0.2) is 26.3 Å². The van der Waals surface area contributed by atoms with Crippen molar-refractivity contribution >= 4 is 28.5 Å². The zero-order chi connectivity index (χ0) is 16.4. The normalized spacial score (nSPS) is 10.7. The summed E-state index contributed by atoms with van der Waals surface area (Å²) >= 11 is 0. The number of aryl methyl sites for hydroxylation is 3. The Balaban J connectivity index is 2.03. The van der Waals surface area contributed by atoms with Gasteiger partial charge in [-0.3, -0.25) is 4.68 Å². The summed E-state index contributed by atoms with van der Waals surface area (Å²) in [7, 11) is 1.87. The fourth-order valence-corrected chi connectivity index (χ4v) is 2.32. The number of fused-ring (bicyclic) bond motifs is 1. The van der Waals surface area contributed by atoms with Gasteiger partial charge in [-0.2, -0.15) is 15.1 Å². The third-order valence-electron chi connectivity index (χ3n) is 3.77. The second kappa shape index (κ2) is 6.08. The van der Waals surface area contributed by atoms with Crippen molar-refractivity contribution < 1.29 is 0 Å². The standard InChI is InChI=1S/C17H20N6/c1-5-8-18-17-21-15(14-10-19-23(4)16(14)22-17)20-13-7-6-11(2)12(3)9-13/h5-7,9-10H,1,8H2,2-4H3,(H2,18,20,21,22). The number of aromatic nitrogens is 4. The van der Waals surface area contributed by atoms with Gasteiger partial charge in [0.15, 0.2) is 5.65 Å². The van der Waals surface area contributed by atoms with Crippen LogP contribution < -0.4 is 10.6 Å². The smallest absolute Gasteiger partial charge is 0.226 e. The Labute approximate surface area is 135 Å². The van der Waals surface area contributed by atoms with E-state index in [9.17, 15) is 0 Å². The van der Waals surface area contributed by atoms with Crippen LogP contribution in [0.5, 0.6) is 0 Å². The van der Waals surface area contributed by atoms with Crippen molar-refractivity contribution in [2.24, 2.45) is 7.05 Å². The molecular formula is C17H20N6. The highest BCUT2D eigenvalue weighted by atomic mass is 15.3. The van der Waals surface area contributed by atoms with Crippen LogP contribution in [0.4, 0.5) is 17.5 Å². The molecule has 0 fully saturated rings. The van der Waals surface area contributed by atoms with Crippen molar-refractivity contribution in [3.63, 3.8) is 0 Å². The fraction of sp³-hybridized carbons (Fsp3) is 0.235. The summed E-state index contributed by atoms with van der Waals surface area (Å²) in [4.78, 5) is 9.06. The molecular weight excluding hydrogens is 288 g/mol. The molecule has 0 radical (unpaired) electrons. The zero-order valence-corrected chi connectivity index (χ0v) is 13.6. The molecule has 2 N–H and O–H groups in total. The molecule has 3 aromatic rings. The van der Waals surface area contributed by atoms with Gasteiger partial charge in [0.25, 0.3) is 0 Å². The van der Waals surface area contributed by atoms with Gasteiger partial charge < -0.3 is 10.6 Å². The molecule has 118 valence electrons. The second-order valence-corrected chi connectivity index (χ2v) is 5.49. The predicted molar refractivity (Wildman–Crippen MR) is 94.2 cm³/mol. The molecule has 0 aliphatic rings. The van der Waals surface area contributed by atoms with E-state index < -0.39 is 0 Å². The van der Waals surface area contributed by atoms with Gasteiger partial charge in [-0.15, -0.1) is 6.58 Å². The van der Waals surface area contributed by atoms with E-state index in [1.807, 2.05) is 13.1 Å². The van der Waals surface area contributed by atoms with Crippen LogP contribution in [0.15, 0.2) is 37.1 Å². The Bertz CT molecular complexity index is 865. The third-order valence-corrected chi connectivity index (χ3v) is 3.77. The molecule has 3 rings (SSSR count). The molecule has 0 spiro atoms. The first-order chi connectivity index (χ1) is 11.1. The van der Waals surface area contributed by atoms with Gasteiger partial charge in [0, 0.05) is 19.3 Å². The van der Waals surface area contributed by atoms with Crippen LogP contribution in [0.2, 0.25) is 0 Å². The van der Waals surface area contributed by atoms with Gasteiger partial charge in [0.2, 0.25) is 5.95 Å². The monoisotopic (exact) mass is 308 g/mol. The highest BCUT2D eigenvalue weighted by Gasteiger charge is 2.11. The number of nitrogens with zero attached hydrogens (tertiary/aromatic N) is 4. The lowest BCUT2D eigenvalue weighted by molar-refractivity contribution is 0.785. The Morgan fingerprint density at radius 1 is 1.22 bits per heavy atom. The zero-order valence-electron chi connectivity index (χ0n) is 13.6. The number of hydrogen-bond acceptors (Lipinski definition) is 5. The van der Waals surface area contributed by atoms with E-state index in [1.165, 1.54) is 11.1 Å². The maximum absolute atomic E-state index is 4.56. The predicted octanol–water partition coefficient (Wildman–Crippen LogP) is 3.32.